The third-order valence-electron chi connectivity index (χ3n) is 3.17. The SMILES string of the molecule is CCn1ccnc1CC(=O)c1c(OC)cccc1OC. The second kappa shape index (κ2) is 6.23. The molecular formula is C15H18N2O3. The number of rotatable bonds is 6. The molecule has 0 spiro atoms. The summed E-state index contributed by atoms with van der Waals surface area (Å²) >= 11 is 0. The molecule has 0 fully saturated rings. The first kappa shape index (κ1) is 14.1. The summed E-state index contributed by atoms with van der Waals surface area (Å²) < 4.78 is 12.5. The Kier molecular flexibility index (Phi) is 4.40. The Labute approximate surface area is 118 Å². The van der Waals surface area contributed by atoms with Crippen LogP contribution in [0.3, 0.4) is 0 Å². The maximum atomic E-state index is 12.5. The number of benzene rings is 1. The predicted octanol–water partition coefficient (Wildman–Crippen LogP) is 2.35. The van der Waals surface area contributed by atoms with Crippen molar-refractivity contribution in [2.24, 2.45) is 0 Å². The van der Waals surface area contributed by atoms with Gasteiger partial charge in [-0.05, 0) is 19.1 Å². The molecule has 0 N–H and O–H groups in total. The Morgan fingerprint density at radius 2 is 1.90 bits per heavy atom. The predicted molar refractivity (Wildman–Crippen MR) is 75.5 cm³/mol. The first-order chi connectivity index (χ1) is 9.71. The summed E-state index contributed by atoms with van der Waals surface area (Å²) in [7, 11) is 3.08. The maximum absolute atomic E-state index is 12.5. The van der Waals surface area contributed by atoms with Crippen LogP contribution in [0.25, 0.3) is 0 Å². The van der Waals surface area contributed by atoms with Crippen LogP contribution in [0.2, 0.25) is 0 Å². The second-order valence-electron chi connectivity index (χ2n) is 4.27. The Bertz CT molecular complexity index is 583. The summed E-state index contributed by atoms with van der Waals surface area (Å²) in [5, 5.41) is 0. The van der Waals surface area contributed by atoms with Crippen LogP contribution in [-0.2, 0) is 13.0 Å². The van der Waals surface area contributed by atoms with Crippen LogP contribution in [0.4, 0.5) is 0 Å². The Morgan fingerprint density at radius 3 is 2.45 bits per heavy atom. The van der Waals surface area contributed by atoms with E-state index in [0.29, 0.717) is 17.1 Å². The van der Waals surface area contributed by atoms with Gasteiger partial charge in [-0.25, -0.2) is 4.98 Å². The molecule has 0 unspecified atom stereocenters. The minimum absolute atomic E-state index is 0.0693. The molecule has 0 radical (unpaired) electrons. The van der Waals surface area contributed by atoms with Gasteiger partial charge in [-0.1, -0.05) is 6.07 Å². The van der Waals surface area contributed by atoms with Crippen LogP contribution in [0.1, 0.15) is 23.1 Å². The smallest absolute Gasteiger partial charge is 0.177 e. The number of carbonyl (C=O) groups is 1. The van der Waals surface area contributed by atoms with Crippen molar-refractivity contribution < 1.29 is 14.3 Å². The average molecular weight is 274 g/mol. The zero-order chi connectivity index (χ0) is 14.5. The standard InChI is InChI=1S/C15H18N2O3/c1-4-17-9-8-16-14(17)10-11(18)15-12(19-2)6-5-7-13(15)20-3/h5-9H,4,10H2,1-3H3. The topological polar surface area (TPSA) is 53.4 Å². The van der Waals surface area contributed by atoms with E-state index in [-0.39, 0.29) is 12.2 Å². The van der Waals surface area contributed by atoms with E-state index >= 15 is 0 Å². The molecule has 0 aliphatic heterocycles. The van der Waals surface area contributed by atoms with E-state index in [2.05, 4.69) is 4.98 Å². The lowest BCUT2D eigenvalue weighted by Crippen LogP contribution is -2.12. The van der Waals surface area contributed by atoms with Crippen molar-refractivity contribution in [2.75, 3.05) is 14.2 Å². The number of ketones is 1. The molecule has 106 valence electrons. The highest BCUT2D eigenvalue weighted by molar-refractivity contribution is 6.02. The van der Waals surface area contributed by atoms with Crippen molar-refractivity contribution in [1.29, 1.82) is 0 Å². The van der Waals surface area contributed by atoms with Gasteiger partial charge in [-0.3, -0.25) is 4.79 Å². The summed E-state index contributed by atoms with van der Waals surface area (Å²) in [6, 6.07) is 5.30. The van der Waals surface area contributed by atoms with E-state index in [1.165, 1.54) is 0 Å². The van der Waals surface area contributed by atoms with Crippen molar-refractivity contribution in [3.63, 3.8) is 0 Å². The quantitative estimate of drug-likeness (QED) is 0.759. The van der Waals surface area contributed by atoms with Gasteiger partial charge in [0.15, 0.2) is 5.78 Å². The van der Waals surface area contributed by atoms with Crippen molar-refractivity contribution in [3.05, 3.63) is 42.0 Å². The molecule has 1 aromatic heterocycles. The van der Waals surface area contributed by atoms with E-state index < -0.39 is 0 Å². The lowest BCUT2D eigenvalue weighted by Gasteiger charge is -2.12. The number of methoxy groups -OCH3 is 2. The first-order valence-corrected chi connectivity index (χ1v) is 6.45. The van der Waals surface area contributed by atoms with Gasteiger partial charge >= 0.3 is 0 Å². The van der Waals surface area contributed by atoms with Gasteiger partial charge in [-0.2, -0.15) is 0 Å². The number of aromatic nitrogens is 2. The fraction of sp³-hybridized carbons (Fsp3) is 0.333. The molecule has 5 heteroatoms. The number of carbonyl (C=O) groups excluding carboxylic acids is 1. The summed E-state index contributed by atoms with van der Waals surface area (Å²) in [5.41, 5.74) is 0.461. The van der Waals surface area contributed by atoms with Gasteiger partial charge in [0, 0.05) is 18.9 Å². The van der Waals surface area contributed by atoms with Gasteiger partial charge in [0.1, 0.15) is 22.9 Å². The molecule has 0 amide bonds. The zero-order valence-electron chi connectivity index (χ0n) is 11.9. The number of imidazole rings is 1. The minimum Gasteiger partial charge on any atom is -0.496 e. The van der Waals surface area contributed by atoms with Crippen LogP contribution in [-0.4, -0.2) is 29.6 Å². The Hall–Kier alpha value is -2.30. The third kappa shape index (κ3) is 2.66. The monoisotopic (exact) mass is 274 g/mol. The minimum atomic E-state index is -0.0693. The highest BCUT2D eigenvalue weighted by Crippen LogP contribution is 2.29. The Morgan fingerprint density at radius 1 is 1.25 bits per heavy atom. The normalized spacial score (nSPS) is 10.3. The molecule has 0 aliphatic rings. The number of nitrogens with zero attached hydrogens (tertiary/aromatic N) is 2. The first-order valence-electron chi connectivity index (χ1n) is 6.45. The molecular weight excluding hydrogens is 256 g/mol. The van der Waals surface area contributed by atoms with Crippen molar-refractivity contribution in [3.8, 4) is 11.5 Å². The molecule has 0 saturated heterocycles. The molecule has 5 nitrogen and oxygen atoms in total. The molecule has 2 rings (SSSR count). The highest BCUT2D eigenvalue weighted by atomic mass is 16.5. The number of hydrogen-bond donors (Lipinski definition) is 0. The molecule has 20 heavy (non-hydrogen) atoms. The molecule has 0 aliphatic carbocycles. The van der Waals surface area contributed by atoms with Gasteiger partial charge in [0.25, 0.3) is 0 Å². The van der Waals surface area contributed by atoms with Gasteiger partial charge in [0.05, 0.1) is 20.6 Å². The average Bonchev–Trinajstić information content (AvgIpc) is 2.93. The van der Waals surface area contributed by atoms with E-state index in [1.54, 1.807) is 38.6 Å². The number of aryl methyl sites for hydroxylation is 1. The molecule has 0 atom stereocenters. The van der Waals surface area contributed by atoms with Crippen LogP contribution < -0.4 is 9.47 Å². The summed E-state index contributed by atoms with van der Waals surface area (Å²) in [6.07, 6.45) is 3.78. The number of hydrogen-bond acceptors (Lipinski definition) is 4. The maximum Gasteiger partial charge on any atom is 0.177 e. The molecule has 1 aromatic carbocycles. The molecule has 0 bridgehead atoms. The fourth-order valence-corrected chi connectivity index (χ4v) is 2.15. The summed E-state index contributed by atoms with van der Waals surface area (Å²) in [5.74, 6) is 1.71. The fourth-order valence-electron chi connectivity index (χ4n) is 2.15. The lowest BCUT2D eigenvalue weighted by atomic mass is 10.1. The zero-order valence-corrected chi connectivity index (χ0v) is 11.9. The van der Waals surface area contributed by atoms with E-state index in [0.717, 1.165) is 12.4 Å². The van der Waals surface area contributed by atoms with E-state index in [9.17, 15) is 4.79 Å². The Balaban J connectivity index is 2.34. The lowest BCUT2D eigenvalue weighted by molar-refractivity contribution is 0.0983. The van der Waals surface area contributed by atoms with Crippen LogP contribution in [0, 0.1) is 0 Å². The van der Waals surface area contributed by atoms with Crippen molar-refractivity contribution in [1.82, 2.24) is 9.55 Å². The van der Waals surface area contributed by atoms with Crippen LogP contribution in [0.15, 0.2) is 30.6 Å². The third-order valence-corrected chi connectivity index (χ3v) is 3.17. The van der Waals surface area contributed by atoms with Gasteiger partial charge in [0.2, 0.25) is 0 Å². The number of ether oxygens (including phenoxy) is 2. The largest absolute Gasteiger partial charge is 0.496 e. The summed E-state index contributed by atoms with van der Waals surface area (Å²) in [4.78, 5) is 16.8. The van der Waals surface area contributed by atoms with Crippen LogP contribution in [0.5, 0.6) is 11.5 Å². The van der Waals surface area contributed by atoms with Gasteiger partial charge < -0.3 is 14.0 Å². The second-order valence-corrected chi connectivity index (χ2v) is 4.27. The molecule has 2 aromatic rings. The molecule has 0 saturated carbocycles. The summed E-state index contributed by atoms with van der Waals surface area (Å²) in [6.45, 7) is 2.80. The van der Waals surface area contributed by atoms with Gasteiger partial charge in [-0.15, -0.1) is 0 Å². The van der Waals surface area contributed by atoms with E-state index in [4.69, 9.17) is 9.47 Å². The van der Waals surface area contributed by atoms with Crippen LogP contribution >= 0.6 is 0 Å². The van der Waals surface area contributed by atoms with E-state index in [1.807, 2.05) is 17.7 Å². The van der Waals surface area contributed by atoms with Crippen molar-refractivity contribution in [2.45, 2.75) is 19.9 Å². The van der Waals surface area contributed by atoms with Crippen molar-refractivity contribution >= 4 is 5.78 Å². The highest BCUT2D eigenvalue weighted by Gasteiger charge is 2.19. The molecule has 1 heterocycles. The number of Topliss-reactive ketones (excluding diaryl/α,β-unsaturated/α-hetero) is 1.